The molecule has 4 nitrogen and oxygen atoms in total. The normalized spacial score (nSPS) is 12.3. The molecule has 0 unspecified atom stereocenters. The van der Waals surface area contributed by atoms with Crippen LogP contribution in [0.1, 0.15) is 0 Å². The van der Waals surface area contributed by atoms with Gasteiger partial charge in [0.15, 0.2) is 5.82 Å². The lowest BCUT2D eigenvalue weighted by molar-refractivity contribution is 1.08. The van der Waals surface area contributed by atoms with Gasteiger partial charge in [-0.25, -0.2) is 9.97 Å². The highest BCUT2D eigenvalue weighted by Gasteiger charge is 2.25. The maximum atomic E-state index is 5.33. The molecule has 6 aromatic carbocycles. The Kier molecular flexibility index (Phi) is 4.15. The number of para-hydroxylation sites is 5. The highest BCUT2D eigenvalue weighted by atomic mass is 15.1. The Morgan fingerprint density at radius 2 is 1.00 bits per heavy atom. The molecule has 4 heteroatoms. The van der Waals surface area contributed by atoms with Crippen molar-refractivity contribution < 1.29 is 0 Å². The van der Waals surface area contributed by atoms with E-state index in [1.54, 1.807) is 0 Å². The SMILES string of the molecule is c1ccc(-c2nc3ccccc3nc2-n2c3ccccc3c3c4c5ccccc5n5c6ccccc6c(cc32)c45)cc1. The maximum Gasteiger partial charge on any atom is 0.165 e. The van der Waals surface area contributed by atoms with E-state index in [-0.39, 0.29) is 0 Å². The summed E-state index contributed by atoms with van der Waals surface area (Å²) in [5.41, 5.74) is 9.69. The van der Waals surface area contributed by atoms with Gasteiger partial charge in [0.25, 0.3) is 0 Å². The van der Waals surface area contributed by atoms with Crippen molar-refractivity contribution in [3.8, 4) is 17.1 Å². The number of fused-ring (bicyclic) bond motifs is 11. The fourth-order valence-electron chi connectivity index (χ4n) is 7.13. The molecule has 42 heavy (non-hydrogen) atoms. The molecule has 0 saturated carbocycles. The zero-order valence-electron chi connectivity index (χ0n) is 22.5. The maximum absolute atomic E-state index is 5.33. The Morgan fingerprint density at radius 3 is 1.76 bits per heavy atom. The van der Waals surface area contributed by atoms with E-state index < -0.39 is 0 Å². The van der Waals surface area contributed by atoms with Crippen LogP contribution in [0.15, 0.2) is 133 Å². The van der Waals surface area contributed by atoms with E-state index in [1.165, 1.54) is 48.9 Å². The average molecular weight is 535 g/mol. The highest BCUT2D eigenvalue weighted by Crippen LogP contribution is 2.46. The summed E-state index contributed by atoms with van der Waals surface area (Å²) in [5.74, 6) is 0.840. The molecule has 0 aliphatic rings. The summed E-state index contributed by atoms with van der Waals surface area (Å²) in [6.07, 6.45) is 0. The second kappa shape index (κ2) is 7.93. The van der Waals surface area contributed by atoms with Gasteiger partial charge in [-0.05, 0) is 36.4 Å². The monoisotopic (exact) mass is 534 g/mol. The van der Waals surface area contributed by atoms with Gasteiger partial charge in [0.1, 0.15) is 5.69 Å². The van der Waals surface area contributed by atoms with Crippen molar-refractivity contribution in [3.05, 3.63) is 133 Å². The Balaban J connectivity index is 1.49. The van der Waals surface area contributed by atoms with E-state index in [0.717, 1.165) is 39.1 Å². The first-order chi connectivity index (χ1) is 20.9. The van der Waals surface area contributed by atoms with Crippen molar-refractivity contribution in [2.24, 2.45) is 0 Å². The van der Waals surface area contributed by atoms with Gasteiger partial charge in [0.05, 0.1) is 38.6 Å². The lowest BCUT2D eigenvalue weighted by Gasteiger charge is -2.14. The van der Waals surface area contributed by atoms with Crippen LogP contribution in [-0.4, -0.2) is 18.9 Å². The molecule has 0 atom stereocenters. The predicted octanol–water partition coefficient (Wildman–Crippen LogP) is 9.54. The zero-order valence-corrected chi connectivity index (χ0v) is 22.5. The van der Waals surface area contributed by atoms with Crippen LogP contribution in [0.2, 0.25) is 0 Å². The average Bonchev–Trinajstić information content (AvgIpc) is 3.69. The van der Waals surface area contributed by atoms with E-state index in [4.69, 9.17) is 9.97 Å². The molecule has 0 aliphatic carbocycles. The molecule has 4 aromatic heterocycles. The number of aromatic nitrogens is 4. The van der Waals surface area contributed by atoms with Gasteiger partial charge in [-0.1, -0.05) is 97.1 Å². The van der Waals surface area contributed by atoms with Gasteiger partial charge in [-0.2, -0.15) is 0 Å². The van der Waals surface area contributed by atoms with Crippen molar-refractivity contribution >= 4 is 70.9 Å². The summed E-state index contributed by atoms with van der Waals surface area (Å²) in [6, 6.07) is 47.3. The van der Waals surface area contributed by atoms with E-state index in [1.807, 2.05) is 24.3 Å². The Bertz CT molecular complexity index is 2680. The standard InChI is InChI=1S/C38H22N4/c1-2-12-23(13-3-1)36-38(40-29-18-8-7-17-28(29)39-36)42-32-21-11-5-15-25(32)34-33(42)22-27-24-14-4-9-19-30(24)41-31-20-10-6-16-26(31)35(34)37(27)41/h1-22H. The molecule has 0 bridgehead atoms. The van der Waals surface area contributed by atoms with Gasteiger partial charge in [-0.15, -0.1) is 0 Å². The van der Waals surface area contributed by atoms with Crippen LogP contribution in [0.3, 0.4) is 0 Å². The Hall–Kier alpha value is -5.74. The fraction of sp³-hybridized carbons (Fsp3) is 0. The van der Waals surface area contributed by atoms with Crippen molar-refractivity contribution in [2.75, 3.05) is 0 Å². The summed E-state index contributed by atoms with van der Waals surface area (Å²) in [5, 5.41) is 7.54. The molecule has 0 radical (unpaired) electrons. The third kappa shape index (κ3) is 2.71. The first-order valence-electron chi connectivity index (χ1n) is 14.3. The third-order valence-corrected chi connectivity index (χ3v) is 8.82. The molecule has 4 heterocycles. The van der Waals surface area contributed by atoms with Crippen LogP contribution in [0.25, 0.3) is 88.0 Å². The van der Waals surface area contributed by atoms with Crippen molar-refractivity contribution in [1.82, 2.24) is 18.9 Å². The van der Waals surface area contributed by atoms with Gasteiger partial charge in [0.2, 0.25) is 0 Å². The van der Waals surface area contributed by atoms with E-state index in [9.17, 15) is 0 Å². The molecular weight excluding hydrogens is 512 g/mol. The smallest absolute Gasteiger partial charge is 0.165 e. The first-order valence-corrected chi connectivity index (χ1v) is 14.3. The fourth-order valence-corrected chi connectivity index (χ4v) is 7.13. The number of rotatable bonds is 2. The minimum absolute atomic E-state index is 0.840. The summed E-state index contributed by atoms with van der Waals surface area (Å²) in [7, 11) is 0. The topological polar surface area (TPSA) is 35.1 Å². The van der Waals surface area contributed by atoms with Gasteiger partial charge < -0.3 is 4.40 Å². The van der Waals surface area contributed by atoms with Crippen molar-refractivity contribution in [1.29, 1.82) is 0 Å². The predicted molar refractivity (Wildman–Crippen MR) is 174 cm³/mol. The van der Waals surface area contributed by atoms with Gasteiger partial charge >= 0.3 is 0 Å². The van der Waals surface area contributed by atoms with Crippen LogP contribution in [0, 0.1) is 0 Å². The van der Waals surface area contributed by atoms with E-state index in [2.05, 4.69) is 118 Å². The quantitative estimate of drug-likeness (QED) is 0.221. The minimum Gasteiger partial charge on any atom is -0.308 e. The van der Waals surface area contributed by atoms with Crippen LogP contribution >= 0.6 is 0 Å². The summed E-state index contributed by atoms with van der Waals surface area (Å²) in [6.45, 7) is 0. The molecule has 0 N–H and O–H groups in total. The molecule has 0 amide bonds. The number of benzene rings is 6. The second-order valence-electron chi connectivity index (χ2n) is 11.0. The molecule has 194 valence electrons. The lowest BCUT2D eigenvalue weighted by atomic mass is 10.0. The summed E-state index contributed by atoms with van der Waals surface area (Å²) < 4.78 is 4.79. The molecule has 0 saturated heterocycles. The molecule has 0 spiro atoms. The third-order valence-electron chi connectivity index (χ3n) is 8.82. The van der Waals surface area contributed by atoms with Crippen molar-refractivity contribution in [2.45, 2.75) is 0 Å². The first kappa shape index (κ1) is 22.0. The number of nitrogens with zero attached hydrogens (tertiary/aromatic N) is 4. The zero-order chi connectivity index (χ0) is 27.4. The largest absolute Gasteiger partial charge is 0.308 e. The van der Waals surface area contributed by atoms with E-state index in [0.29, 0.717) is 0 Å². The van der Waals surface area contributed by atoms with E-state index >= 15 is 0 Å². The Morgan fingerprint density at radius 1 is 0.429 bits per heavy atom. The van der Waals surface area contributed by atoms with Crippen LogP contribution in [0.4, 0.5) is 0 Å². The van der Waals surface area contributed by atoms with Crippen LogP contribution in [-0.2, 0) is 0 Å². The summed E-state index contributed by atoms with van der Waals surface area (Å²) >= 11 is 0. The molecule has 10 aromatic rings. The number of hydrogen-bond donors (Lipinski definition) is 0. The van der Waals surface area contributed by atoms with Crippen LogP contribution in [0.5, 0.6) is 0 Å². The summed E-state index contributed by atoms with van der Waals surface area (Å²) in [4.78, 5) is 10.6. The Labute approximate surface area is 240 Å². The molecule has 0 aliphatic heterocycles. The molecule has 10 rings (SSSR count). The highest BCUT2D eigenvalue weighted by molar-refractivity contribution is 6.35. The molecule has 0 fully saturated rings. The lowest BCUT2D eigenvalue weighted by Crippen LogP contribution is -2.03. The molecular formula is C38H22N4. The van der Waals surface area contributed by atoms with Crippen molar-refractivity contribution in [3.63, 3.8) is 0 Å². The van der Waals surface area contributed by atoms with Crippen LogP contribution < -0.4 is 0 Å². The van der Waals surface area contributed by atoms with Gasteiger partial charge in [-0.3, -0.25) is 4.57 Å². The second-order valence-corrected chi connectivity index (χ2v) is 11.0. The number of hydrogen-bond acceptors (Lipinski definition) is 2. The minimum atomic E-state index is 0.840. The van der Waals surface area contributed by atoms with Gasteiger partial charge in [0, 0.05) is 37.9 Å².